The van der Waals surface area contributed by atoms with E-state index < -0.39 is 10.0 Å². The largest absolute Gasteiger partial charge is 0.371 e. The van der Waals surface area contributed by atoms with E-state index in [1.807, 2.05) is 0 Å². The molecular formula is C22H27N5O4S2. The SMILES string of the molecule is CN(Cc1nc2ccsc2c(=O)[nH]1)C(=O)c1cc(S(=O)(=O)N(C)C)ccc1N1CCCCC1. The van der Waals surface area contributed by atoms with Crippen molar-refractivity contribution in [1.29, 1.82) is 0 Å². The van der Waals surface area contributed by atoms with Crippen molar-refractivity contribution in [3.8, 4) is 0 Å². The number of thiophene rings is 1. The first kappa shape index (κ1) is 23.4. The quantitative estimate of drug-likeness (QED) is 0.570. The molecule has 1 saturated heterocycles. The van der Waals surface area contributed by atoms with Crippen LogP contribution in [-0.4, -0.2) is 67.7 Å². The first-order valence-electron chi connectivity index (χ1n) is 10.7. The molecule has 0 aliphatic carbocycles. The Bertz CT molecular complexity index is 1340. The number of piperidine rings is 1. The normalized spacial score (nSPS) is 14.7. The van der Waals surface area contributed by atoms with Crippen LogP contribution in [0.4, 0.5) is 5.69 Å². The predicted molar refractivity (Wildman–Crippen MR) is 129 cm³/mol. The molecule has 0 bridgehead atoms. The zero-order valence-electron chi connectivity index (χ0n) is 18.9. The molecule has 0 unspecified atom stereocenters. The van der Waals surface area contributed by atoms with Crippen molar-refractivity contribution in [2.75, 3.05) is 39.1 Å². The molecular weight excluding hydrogens is 462 g/mol. The molecule has 4 rings (SSSR count). The highest BCUT2D eigenvalue weighted by Gasteiger charge is 2.26. The highest BCUT2D eigenvalue weighted by atomic mass is 32.2. The minimum absolute atomic E-state index is 0.0660. The second-order valence-electron chi connectivity index (χ2n) is 8.32. The monoisotopic (exact) mass is 489 g/mol. The molecule has 1 fully saturated rings. The molecule has 3 heterocycles. The van der Waals surface area contributed by atoms with Crippen LogP contribution in [0.3, 0.4) is 0 Å². The van der Waals surface area contributed by atoms with Gasteiger partial charge in [-0.3, -0.25) is 9.59 Å². The second kappa shape index (κ2) is 9.24. The summed E-state index contributed by atoms with van der Waals surface area (Å²) in [5.74, 6) is 0.0396. The number of amides is 1. The smallest absolute Gasteiger partial charge is 0.268 e. The van der Waals surface area contributed by atoms with Crippen molar-refractivity contribution >= 4 is 43.2 Å². The lowest BCUT2D eigenvalue weighted by molar-refractivity contribution is 0.0782. The van der Waals surface area contributed by atoms with Gasteiger partial charge in [0.1, 0.15) is 10.5 Å². The maximum absolute atomic E-state index is 13.5. The first-order valence-corrected chi connectivity index (χ1v) is 13.0. The van der Waals surface area contributed by atoms with Crippen LogP contribution < -0.4 is 10.5 Å². The molecule has 2 aromatic heterocycles. The number of carbonyl (C=O) groups is 1. The summed E-state index contributed by atoms with van der Waals surface area (Å²) in [6.07, 6.45) is 3.18. The molecule has 1 amide bonds. The van der Waals surface area contributed by atoms with E-state index in [1.54, 1.807) is 30.6 Å². The molecule has 0 atom stereocenters. The van der Waals surface area contributed by atoms with E-state index in [9.17, 15) is 18.0 Å². The van der Waals surface area contributed by atoms with E-state index in [1.165, 1.54) is 36.4 Å². The third kappa shape index (κ3) is 4.66. The summed E-state index contributed by atoms with van der Waals surface area (Å²) in [7, 11) is 0.840. The molecule has 0 radical (unpaired) electrons. The number of aromatic amines is 1. The van der Waals surface area contributed by atoms with Gasteiger partial charge in [0.25, 0.3) is 11.5 Å². The van der Waals surface area contributed by atoms with Crippen molar-refractivity contribution in [2.24, 2.45) is 0 Å². The Hall–Kier alpha value is -2.76. The molecule has 176 valence electrons. The number of nitrogens with one attached hydrogen (secondary N) is 1. The standard InChI is InChI=1S/C22H27N5O4S2/c1-25(2)33(30,31)15-7-8-18(27-10-5-4-6-11-27)16(13-15)22(29)26(3)14-19-23-17-9-12-32-20(17)21(28)24-19/h7-9,12-13H,4-6,10-11,14H2,1-3H3,(H,23,24,28). The molecule has 0 saturated carbocycles. The Kier molecular flexibility index (Phi) is 6.55. The Morgan fingerprint density at radius 1 is 1.15 bits per heavy atom. The Labute approximate surface area is 196 Å². The van der Waals surface area contributed by atoms with Gasteiger partial charge in [-0.05, 0) is 48.9 Å². The van der Waals surface area contributed by atoms with Crippen LogP contribution in [0.15, 0.2) is 39.3 Å². The maximum atomic E-state index is 13.5. The van der Waals surface area contributed by atoms with Crippen LogP contribution in [0.1, 0.15) is 35.4 Å². The molecule has 0 spiro atoms. The number of hydrogen-bond donors (Lipinski definition) is 1. The van der Waals surface area contributed by atoms with E-state index >= 15 is 0 Å². The summed E-state index contributed by atoms with van der Waals surface area (Å²) in [6, 6.07) is 6.50. The second-order valence-corrected chi connectivity index (χ2v) is 11.4. The van der Waals surface area contributed by atoms with Crippen LogP contribution in [0.5, 0.6) is 0 Å². The average molecular weight is 490 g/mol. The van der Waals surface area contributed by atoms with E-state index in [-0.39, 0.29) is 22.9 Å². The predicted octanol–water partition coefficient (Wildman–Crippen LogP) is 2.50. The van der Waals surface area contributed by atoms with Gasteiger partial charge in [0, 0.05) is 39.9 Å². The van der Waals surface area contributed by atoms with Crippen molar-refractivity contribution in [3.05, 3.63) is 51.4 Å². The third-order valence-corrected chi connectivity index (χ3v) is 8.48. The molecule has 1 aliphatic rings. The number of hydrogen-bond acceptors (Lipinski definition) is 7. The van der Waals surface area contributed by atoms with Gasteiger partial charge in [-0.25, -0.2) is 17.7 Å². The fourth-order valence-corrected chi connectivity index (χ4v) is 5.62. The van der Waals surface area contributed by atoms with Gasteiger partial charge in [-0.15, -0.1) is 11.3 Å². The Balaban J connectivity index is 1.70. The van der Waals surface area contributed by atoms with Crippen molar-refractivity contribution in [1.82, 2.24) is 19.2 Å². The molecule has 9 nitrogen and oxygen atoms in total. The number of nitrogens with zero attached hydrogens (tertiary/aromatic N) is 4. The van der Waals surface area contributed by atoms with Gasteiger partial charge in [-0.1, -0.05) is 0 Å². The lowest BCUT2D eigenvalue weighted by Crippen LogP contribution is -2.34. The number of carbonyl (C=O) groups excluding carboxylic acids is 1. The fraction of sp³-hybridized carbons (Fsp3) is 0.409. The van der Waals surface area contributed by atoms with Crippen molar-refractivity contribution < 1.29 is 13.2 Å². The lowest BCUT2D eigenvalue weighted by atomic mass is 10.1. The average Bonchev–Trinajstić information content (AvgIpc) is 3.28. The number of sulfonamides is 1. The lowest BCUT2D eigenvalue weighted by Gasteiger charge is -2.31. The van der Waals surface area contributed by atoms with Gasteiger partial charge in [0.05, 0.1) is 22.5 Å². The molecule has 3 aromatic rings. The zero-order valence-corrected chi connectivity index (χ0v) is 20.5. The van der Waals surface area contributed by atoms with Crippen molar-refractivity contribution in [2.45, 2.75) is 30.7 Å². The minimum Gasteiger partial charge on any atom is -0.371 e. The van der Waals surface area contributed by atoms with Gasteiger partial charge in [-0.2, -0.15) is 0 Å². The van der Waals surface area contributed by atoms with Crippen LogP contribution in [0.25, 0.3) is 10.2 Å². The summed E-state index contributed by atoms with van der Waals surface area (Å²) in [4.78, 5) is 36.7. The van der Waals surface area contributed by atoms with Crippen LogP contribution in [0.2, 0.25) is 0 Å². The number of rotatable bonds is 6. The number of benzene rings is 1. The summed E-state index contributed by atoms with van der Waals surface area (Å²) >= 11 is 1.32. The zero-order chi connectivity index (χ0) is 23.8. The summed E-state index contributed by atoms with van der Waals surface area (Å²) in [5.41, 5.74) is 1.40. The molecule has 33 heavy (non-hydrogen) atoms. The number of fused-ring (bicyclic) bond motifs is 1. The summed E-state index contributed by atoms with van der Waals surface area (Å²) in [5, 5.41) is 1.80. The minimum atomic E-state index is -3.70. The van der Waals surface area contributed by atoms with Crippen LogP contribution in [-0.2, 0) is 16.6 Å². The molecule has 1 aromatic carbocycles. The van der Waals surface area contributed by atoms with E-state index in [2.05, 4.69) is 14.9 Å². The molecule has 1 N–H and O–H groups in total. The number of anilines is 1. The van der Waals surface area contributed by atoms with E-state index in [0.29, 0.717) is 21.6 Å². The van der Waals surface area contributed by atoms with E-state index in [0.717, 1.165) is 42.3 Å². The topological polar surface area (TPSA) is 107 Å². The highest BCUT2D eigenvalue weighted by molar-refractivity contribution is 7.89. The van der Waals surface area contributed by atoms with Gasteiger partial charge in [0.2, 0.25) is 10.0 Å². The third-order valence-electron chi connectivity index (χ3n) is 5.77. The first-order chi connectivity index (χ1) is 15.7. The molecule has 1 aliphatic heterocycles. The number of aromatic nitrogens is 2. The number of H-pyrrole nitrogens is 1. The fourth-order valence-electron chi connectivity index (χ4n) is 3.97. The van der Waals surface area contributed by atoms with Gasteiger partial charge >= 0.3 is 0 Å². The Morgan fingerprint density at radius 2 is 1.88 bits per heavy atom. The van der Waals surface area contributed by atoms with Crippen molar-refractivity contribution in [3.63, 3.8) is 0 Å². The Morgan fingerprint density at radius 3 is 2.58 bits per heavy atom. The van der Waals surface area contributed by atoms with E-state index in [4.69, 9.17) is 0 Å². The van der Waals surface area contributed by atoms with Crippen LogP contribution >= 0.6 is 11.3 Å². The highest BCUT2D eigenvalue weighted by Crippen LogP contribution is 2.29. The van der Waals surface area contributed by atoms with Gasteiger partial charge in [0.15, 0.2) is 0 Å². The summed E-state index contributed by atoms with van der Waals surface area (Å²) < 4.78 is 27.1. The van der Waals surface area contributed by atoms with Crippen LogP contribution in [0, 0.1) is 0 Å². The maximum Gasteiger partial charge on any atom is 0.268 e. The van der Waals surface area contributed by atoms with Gasteiger partial charge < -0.3 is 14.8 Å². The summed E-state index contributed by atoms with van der Waals surface area (Å²) in [6.45, 7) is 1.71. The molecule has 11 heteroatoms.